The van der Waals surface area contributed by atoms with Gasteiger partial charge in [0.15, 0.2) is 17.2 Å². The predicted molar refractivity (Wildman–Crippen MR) is 250 cm³/mol. The number of methoxy groups -OCH3 is 1. The van der Waals surface area contributed by atoms with Gasteiger partial charge in [-0.05, 0) is 95.8 Å². The summed E-state index contributed by atoms with van der Waals surface area (Å²) >= 11 is 0. The summed E-state index contributed by atoms with van der Waals surface area (Å²) in [6, 6.07) is 2.22. The summed E-state index contributed by atoms with van der Waals surface area (Å²) in [5.74, 6) is -6.10. The number of aliphatic hydroxyl groups is 1. The highest BCUT2D eigenvalue weighted by molar-refractivity contribution is 5.85. The minimum absolute atomic E-state index is 0.0887. The molecule has 6 heterocycles. The molecule has 3 aliphatic rings. The summed E-state index contributed by atoms with van der Waals surface area (Å²) in [6.45, 7) is 21.2. The maximum atomic E-state index is 15.1. The molecule has 1 N–H and O–H groups in total. The number of pyridine rings is 1. The van der Waals surface area contributed by atoms with Crippen molar-refractivity contribution in [3.05, 3.63) is 61.6 Å². The van der Waals surface area contributed by atoms with Gasteiger partial charge in [0.25, 0.3) is 0 Å². The lowest BCUT2D eigenvalue weighted by Crippen LogP contribution is -2.65. The number of aliphatic hydroxyl groups excluding tert-OH is 1. The molecule has 69 heavy (non-hydrogen) atoms. The number of ether oxygens (including phenoxy) is 6. The van der Waals surface area contributed by atoms with Crippen molar-refractivity contribution < 1.29 is 52.7 Å². The van der Waals surface area contributed by atoms with Crippen LogP contribution in [0.15, 0.2) is 56.0 Å². The third-order valence-corrected chi connectivity index (χ3v) is 14.6. The van der Waals surface area contributed by atoms with Crippen LogP contribution in [-0.2, 0) is 55.8 Å². The van der Waals surface area contributed by atoms with Gasteiger partial charge in [0, 0.05) is 69.1 Å². The Bertz CT molecular complexity index is 2210. The second-order valence-corrected chi connectivity index (χ2v) is 19.9. The predicted octanol–water partition coefficient (Wildman–Crippen LogP) is 4.77. The van der Waals surface area contributed by atoms with E-state index in [-0.39, 0.29) is 37.7 Å². The zero-order valence-corrected chi connectivity index (χ0v) is 42.1. The monoisotopic (exact) mass is 964 g/mol. The third kappa shape index (κ3) is 11.6. The molecule has 20 heteroatoms. The Morgan fingerprint density at radius 3 is 2.46 bits per heavy atom. The summed E-state index contributed by atoms with van der Waals surface area (Å²) in [5.41, 5.74) is -2.21. The Morgan fingerprint density at radius 2 is 1.81 bits per heavy atom. The summed E-state index contributed by atoms with van der Waals surface area (Å²) in [4.78, 5) is 70.2. The van der Waals surface area contributed by atoms with Gasteiger partial charge in [-0.15, -0.1) is 11.7 Å². The second-order valence-electron chi connectivity index (χ2n) is 19.9. The van der Waals surface area contributed by atoms with Crippen molar-refractivity contribution >= 4 is 23.8 Å². The van der Waals surface area contributed by atoms with Crippen molar-refractivity contribution in [2.45, 2.75) is 167 Å². The van der Waals surface area contributed by atoms with E-state index in [4.69, 9.17) is 28.4 Å². The van der Waals surface area contributed by atoms with Gasteiger partial charge >= 0.3 is 18.0 Å². The molecule has 3 aromatic heterocycles. The van der Waals surface area contributed by atoms with Crippen LogP contribution < -0.4 is 0 Å². The molecule has 380 valence electrons. The molecule has 1 amide bonds. The molecule has 3 aromatic rings. The van der Waals surface area contributed by atoms with E-state index in [0.717, 1.165) is 0 Å². The SMILES string of the molecule is C=CCN(C)[C@H]1C[C@@H](C)O[C@@](C)(O[C@@H]2[C@@H](C)C(OC(=O)Cc3cccnc3)[C@@H](C)C(=O)O[C@H](CC)[C@@]3(C)OC(=O)N(CCCCn4cnc(-n5cnnn5)c4)[C@@H]3[C@@H](C)C(=O)[C@H](C)C[C@@]2(C)OC)[C@@H]1O. The molecule has 0 aromatic carbocycles. The Balaban J connectivity index is 1.37. The Hall–Kier alpha value is -5.15. The van der Waals surface area contributed by atoms with Crippen LogP contribution in [0.2, 0.25) is 0 Å². The zero-order valence-electron chi connectivity index (χ0n) is 42.1. The Kier molecular flexibility index (Phi) is 17.2. The van der Waals surface area contributed by atoms with Crippen LogP contribution in [0.4, 0.5) is 4.79 Å². The highest BCUT2D eigenvalue weighted by Crippen LogP contribution is 2.45. The number of aryl methyl sites for hydroxylation is 1. The van der Waals surface area contributed by atoms with Crippen molar-refractivity contribution in [1.29, 1.82) is 0 Å². The molecule has 0 radical (unpaired) electrons. The van der Waals surface area contributed by atoms with Crippen LogP contribution in [0, 0.1) is 23.7 Å². The number of hydrogen-bond acceptors (Lipinski definition) is 17. The molecular weight excluding hydrogens is 891 g/mol. The van der Waals surface area contributed by atoms with Crippen LogP contribution >= 0.6 is 0 Å². The first-order chi connectivity index (χ1) is 32.7. The molecule has 0 saturated carbocycles. The number of ketones is 1. The zero-order chi connectivity index (χ0) is 50.4. The quantitative estimate of drug-likeness (QED) is 0.0883. The number of imidazole rings is 1. The van der Waals surface area contributed by atoms with Gasteiger partial charge in [0.1, 0.15) is 30.4 Å². The number of cyclic esters (lactones) is 1. The number of nitrogens with zero attached hydrogens (tertiary/aromatic N) is 9. The molecule has 0 bridgehead atoms. The molecular formula is C49H73N9O11. The summed E-state index contributed by atoms with van der Waals surface area (Å²) < 4.78 is 42.5. The van der Waals surface area contributed by atoms with E-state index in [2.05, 4.69) is 32.1 Å². The largest absolute Gasteiger partial charge is 0.461 e. The van der Waals surface area contributed by atoms with Crippen LogP contribution in [0.1, 0.15) is 100.0 Å². The highest BCUT2D eigenvalue weighted by Gasteiger charge is 2.61. The molecule has 1 unspecified atom stereocenters. The fourth-order valence-electron chi connectivity index (χ4n) is 11.0. The third-order valence-electron chi connectivity index (χ3n) is 14.6. The first-order valence-corrected chi connectivity index (χ1v) is 24.2. The number of esters is 2. The number of Topliss-reactive ketones (excluding diaryl/α,β-unsaturated/α-hetero) is 1. The van der Waals surface area contributed by atoms with Gasteiger partial charge in [-0.3, -0.25) is 24.3 Å². The van der Waals surface area contributed by atoms with Gasteiger partial charge < -0.3 is 43.0 Å². The smallest absolute Gasteiger partial charge is 0.410 e. The second kappa shape index (κ2) is 22.3. The number of aromatic nitrogens is 7. The van der Waals surface area contributed by atoms with Crippen molar-refractivity contribution in [1.82, 2.24) is 44.5 Å². The summed E-state index contributed by atoms with van der Waals surface area (Å²) in [5, 5.41) is 23.4. The fraction of sp³-hybridized carbons (Fsp3) is 0.694. The molecule has 6 rings (SSSR count). The fourth-order valence-corrected chi connectivity index (χ4v) is 11.0. The number of carbonyl (C=O) groups is 4. The summed E-state index contributed by atoms with van der Waals surface area (Å²) in [6.07, 6.45) is 6.29. The number of tetrazole rings is 1. The maximum absolute atomic E-state index is 15.1. The molecule has 3 saturated heterocycles. The molecule has 20 nitrogen and oxygen atoms in total. The first-order valence-electron chi connectivity index (χ1n) is 24.2. The van der Waals surface area contributed by atoms with Gasteiger partial charge in [-0.1, -0.05) is 39.8 Å². The topological polar surface area (TPSA) is 225 Å². The van der Waals surface area contributed by atoms with Crippen LogP contribution in [-0.4, -0.2) is 160 Å². The van der Waals surface area contributed by atoms with Crippen LogP contribution in [0.25, 0.3) is 5.82 Å². The number of fused-ring (bicyclic) bond motifs is 1. The first kappa shape index (κ1) is 53.2. The molecule has 3 aliphatic heterocycles. The molecule has 0 aliphatic carbocycles. The Morgan fingerprint density at radius 1 is 1.07 bits per heavy atom. The van der Waals surface area contributed by atoms with Crippen LogP contribution in [0.5, 0.6) is 0 Å². The van der Waals surface area contributed by atoms with Crippen LogP contribution in [0.3, 0.4) is 0 Å². The molecule has 14 atom stereocenters. The normalized spacial score (nSPS) is 34.7. The average molecular weight is 964 g/mol. The lowest BCUT2D eigenvalue weighted by Gasteiger charge is -2.52. The maximum Gasteiger partial charge on any atom is 0.410 e. The lowest BCUT2D eigenvalue weighted by molar-refractivity contribution is -0.358. The number of unbranched alkanes of at least 4 members (excludes halogenated alkanes) is 1. The van der Waals surface area contributed by atoms with Gasteiger partial charge in [0.05, 0.1) is 42.5 Å². The number of carbonyl (C=O) groups excluding carboxylic acids is 4. The van der Waals surface area contributed by atoms with Crippen molar-refractivity contribution in [2.24, 2.45) is 23.7 Å². The van der Waals surface area contributed by atoms with E-state index in [1.807, 2.05) is 50.4 Å². The highest BCUT2D eigenvalue weighted by atomic mass is 16.7. The minimum atomic E-state index is -1.65. The number of rotatable bonds is 16. The van der Waals surface area contributed by atoms with E-state index >= 15 is 4.79 Å². The van der Waals surface area contributed by atoms with E-state index in [1.165, 1.54) is 18.1 Å². The molecule has 0 spiro atoms. The van der Waals surface area contributed by atoms with E-state index in [9.17, 15) is 19.5 Å². The number of likely N-dealkylation sites (N-methyl/N-ethyl adjacent to an activating group) is 1. The van der Waals surface area contributed by atoms with Crippen molar-refractivity contribution in [3.63, 3.8) is 0 Å². The van der Waals surface area contributed by atoms with E-state index in [1.54, 1.807) is 76.4 Å². The van der Waals surface area contributed by atoms with E-state index < -0.39 is 95.2 Å². The van der Waals surface area contributed by atoms with Gasteiger partial charge in [-0.25, -0.2) is 9.78 Å². The number of hydrogen-bond donors (Lipinski definition) is 1. The van der Waals surface area contributed by atoms with E-state index in [0.29, 0.717) is 43.7 Å². The Labute approximate surface area is 405 Å². The summed E-state index contributed by atoms with van der Waals surface area (Å²) in [7, 11) is 3.41. The van der Waals surface area contributed by atoms with Crippen molar-refractivity contribution in [3.8, 4) is 5.82 Å². The number of amides is 1. The van der Waals surface area contributed by atoms with Gasteiger partial charge in [-0.2, -0.15) is 4.68 Å². The average Bonchev–Trinajstić information content (AvgIpc) is 4.08. The standard InChI is InChI=1S/C49H73N9O11/c1-13-20-55(11)36-23-31(4)67-49(10,43(36)61)68-44-33(6)41(66-39(59)24-35-18-17-19-50-26-35)34(7)45(62)65-37(14-2)48(9)42(32(5)40(60)30(3)25-47(44,8)64-12)57(46(63)69-48)22-16-15-21-56-27-38(51-28-56)58-29-52-53-54-58/h13,17-19,26-34,36-37,41-44,61H,1,14-16,20-25H2,2-12H3/t30-,31-,32+,33+,34-,36+,37-,41?,42-,43-,44-,47-,48-,49+/m1/s1. The minimum Gasteiger partial charge on any atom is -0.461 e. The van der Waals surface area contributed by atoms with Crippen molar-refractivity contribution in [2.75, 3.05) is 27.2 Å². The molecule has 3 fully saturated rings. The lowest BCUT2D eigenvalue weighted by atomic mass is 9.73. The van der Waals surface area contributed by atoms with Gasteiger partial charge in [0.2, 0.25) is 0 Å².